The number of anilines is 2. The molecule has 19 heavy (non-hydrogen) atoms. The number of nitrogens with one attached hydrogen (secondary N) is 1. The minimum absolute atomic E-state index is 0.0597. The molecule has 0 aliphatic carbocycles. The molecule has 2 aromatic rings. The average Bonchev–Trinajstić information content (AvgIpc) is 2.37. The second kappa shape index (κ2) is 5.87. The van der Waals surface area contributed by atoms with Crippen molar-refractivity contribution in [1.82, 2.24) is 4.57 Å². The van der Waals surface area contributed by atoms with Gasteiger partial charge in [-0.1, -0.05) is 0 Å². The molecule has 0 saturated carbocycles. The van der Waals surface area contributed by atoms with Crippen LogP contribution in [0, 0.1) is 3.57 Å². The van der Waals surface area contributed by atoms with E-state index in [1.54, 1.807) is 0 Å². The van der Waals surface area contributed by atoms with Crippen LogP contribution in [0.5, 0.6) is 0 Å². The van der Waals surface area contributed by atoms with E-state index in [0.717, 1.165) is 3.57 Å². The van der Waals surface area contributed by atoms with Gasteiger partial charge in [-0.3, -0.25) is 9.59 Å². The number of amides is 1. The summed E-state index contributed by atoms with van der Waals surface area (Å²) in [6, 6.07) is 10.2. The van der Waals surface area contributed by atoms with E-state index >= 15 is 0 Å². The Labute approximate surface area is 123 Å². The summed E-state index contributed by atoms with van der Waals surface area (Å²) in [5.74, 6) is -0.270. The van der Waals surface area contributed by atoms with Gasteiger partial charge in [0.15, 0.2) is 0 Å². The van der Waals surface area contributed by atoms with Crippen LogP contribution < -0.4 is 16.6 Å². The van der Waals surface area contributed by atoms with Gasteiger partial charge in [0.05, 0.1) is 0 Å². The van der Waals surface area contributed by atoms with E-state index in [2.05, 4.69) is 27.9 Å². The van der Waals surface area contributed by atoms with E-state index in [9.17, 15) is 9.59 Å². The normalized spacial score (nSPS) is 10.2. The number of nitrogen functional groups attached to an aromatic ring is 1. The zero-order chi connectivity index (χ0) is 13.8. The van der Waals surface area contributed by atoms with Gasteiger partial charge < -0.3 is 15.6 Å². The minimum atomic E-state index is -0.270. The van der Waals surface area contributed by atoms with Crippen LogP contribution in [0.4, 0.5) is 11.4 Å². The van der Waals surface area contributed by atoms with E-state index in [1.807, 2.05) is 24.3 Å². The fraction of sp³-hybridized carbons (Fsp3) is 0.0769. The molecular weight excluding hydrogens is 357 g/mol. The van der Waals surface area contributed by atoms with Crippen LogP contribution in [0.2, 0.25) is 0 Å². The topological polar surface area (TPSA) is 77.1 Å². The average molecular weight is 369 g/mol. The number of hydrogen-bond donors (Lipinski definition) is 2. The lowest BCUT2D eigenvalue weighted by Gasteiger charge is -2.08. The first-order valence-electron chi connectivity index (χ1n) is 5.56. The van der Waals surface area contributed by atoms with Crippen molar-refractivity contribution in [3.05, 3.63) is 56.5 Å². The molecule has 0 bridgehead atoms. The van der Waals surface area contributed by atoms with Gasteiger partial charge in [0, 0.05) is 27.2 Å². The standard InChI is InChI=1S/C13H12IN3O2/c14-9-1-4-11(5-2-9)16-12(18)8-17-7-10(15)3-6-13(17)19/h1-7H,8,15H2,(H,16,18). The third-order valence-corrected chi connectivity index (χ3v) is 3.17. The molecular formula is C13H12IN3O2. The quantitative estimate of drug-likeness (QED) is 0.809. The number of carbonyl (C=O) groups excluding carboxylic acids is 1. The van der Waals surface area contributed by atoms with E-state index in [-0.39, 0.29) is 18.0 Å². The van der Waals surface area contributed by atoms with Crippen LogP contribution >= 0.6 is 22.6 Å². The Morgan fingerprint density at radius 2 is 1.89 bits per heavy atom. The van der Waals surface area contributed by atoms with Crippen molar-refractivity contribution in [2.45, 2.75) is 6.54 Å². The Morgan fingerprint density at radius 1 is 1.21 bits per heavy atom. The SMILES string of the molecule is Nc1ccc(=O)n(CC(=O)Nc2ccc(I)cc2)c1. The lowest BCUT2D eigenvalue weighted by Crippen LogP contribution is -2.26. The molecule has 5 nitrogen and oxygen atoms in total. The van der Waals surface area contributed by atoms with Gasteiger partial charge in [-0.25, -0.2) is 0 Å². The third kappa shape index (κ3) is 3.82. The van der Waals surface area contributed by atoms with Gasteiger partial charge in [-0.05, 0) is 52.9 Å². The van der Waals surface area contributed by atoms with E-state index < -0.39 is 0 Å². The smallest absolute Gasteiger partial charge is 0.251 e. The van der Waals surface area contributed by atoms with Crippen molar-refractivity contribution in [2.24, 2.45) is 0 Å². The van der Waals surface area contributed by atoms with Crippen molar-refractivity contribution in [3.63, 3.8) is 0 Å². The van der Waals surface area contributed by atoms with Gasteiger partial charge in [-0.2, -0.15) is 0 Å². The summed E-state index contributed by atoms with van der Waals surface area (Å²) in [6.07, 6.45) is 1.45. The number of nitrogens with two attached hydrogens (primary N) is 1. The molecule has 1 heterocycles. The van der Waals surface area contributed by atoms with Crippen LogP contribution in [0.3, 0.4) is 0 Å². The zero-order valence-corrected chi connectivity index (χ0v) is 12.1. The summed E-state index contributed by atoms with van der Waals surface area (Å²) in [7, 11) is 0. The lowest BCUT2D eigenvalue weighted by molar-refractivity contribution is -0.116. The maximum absolute atomic E-state index is 11.8. The molecule has 6 heteroatoms. The summed E-state index contributed by atoms with van der Waals surface area (Å²) >= 11 is 2.18. The third-order valence-electron chi connectivity index (χ3n) is 2.45. The van der Waals surface area contributed by atoms with Crippen molar-refractivity contribution in [3.8, 4) is 0 Å². The Balaban J connectivity index is 2.07. The highest BCUT2D eigenvalue weighted by molar-refractivity contribution is 14.1. The van der Waals surface area contributed by atoms with Gasteiger partial charge >= 0.3 is 0 Å². The summed E-state index contributed by atoms with van der Waals surface area (Å²) in [5, 5.41) is 2.72. The molecule has 3 N–H and O–H groups in total. The van der Waals surface area contributed by atoms with Crippen molar-refractivity contribution in [2.75, 3.05) is 11.1 Å². The van der Waals surface area contributed by atoms with Gasteiger partial charge in [0.25, 0.3) is 5.56 Å². The molecule has 2 rings (SSSR count). The van der Waals surface area contributed by atoms with Gasteiger partial charge in [0.2, 0.25) is 5.91 Å². The van der Waals surface area contributed by atoms with Gasteiger partial charge in [-0.15, -0.1) is 0 Å². The maximum atomic E-state index is 11.8. The first kappa shape index (κ1) is 13.6. The van der Waals surface area contributed by atoms with E-state index in [0.29, 0.717) is 11.4 Å². The van der Waals surface area contributed by atoms with Crippen LogP contribution in [0.25, 0.3) is 0 Å². The number of nitrogens with zero attached hydrogens (tertiary/aromatic N) is 1. The molecule has 0 fully saturated rings. The van der Waals surface area contributed by atoms with Crippen LogP contribution in [-0.2, 0) is 11.3 Å². The molecule has 0 radical (unpaired) electrons. The van der Waals surface area contributed by atoms with Crippen LogP contribution in [-0.4, -0.2) is 10.5 Å². The van der Waals surface area contributed by atoms with Crippen LogP contribution in [0.15, 0.2) is 47.4 Å². The molecule has 0 spiro atoms. The second-order valence-corrected chi connectivity index (χ2v) is 5.23. The molecule has 0 saturated heterocycles. The summed E-state index contributed by atoms with van der Waals surface area (Å²) < 4.78 is 2.36. The van der Waals surface area contributed by atoms with Crippen LogP contribution in [0.1, 0.15) is 0 Å². The Kier molecular flexibility index (Phi) is 4.20. The second-order valence-electron chi connectivity index (χ2n) is 3.98. The fourth-order valence-electron chi connectivity index (χ4n) is 1.56. The highest BCUT2D eigenvalue weighted by Gasteiger charge is 2.05. The number of hydrogen-bond acceptors (Lipinski definition) is 3. The predicted molar refractivity (Wildman–Crippen MR) is 82.9 cm³/mol. The number of pyridine rings is 1. The van der Waals surface area contributed by atoms with E-state index in [1.165, 1.54) is 22.9 Å². The molecule has 98 valence electrons. The first-order chi connectivity index (χ1) is 9.04. The minimum Gasteiger partial charge on any atom is -0.398 e. The van der Waals surface area contributed by atoms with Crippen molar-refractivity contribution < 1.29 is 4.79 Å². The van der Waals surface area contributed by atoms with Crippen molar-refractivity contribution in [1.29, 1.82) is 0 Å². The number of halogens is 1. The number of rotatable bonds is 3. The summed E-state index contributed by atoms with van der Waals surface area (Å²) in [6.45, 7) is -0.0597. The predicted octanol–water partition coefficient (Wildman–Crippen LogP) is 1.67. The maximum Gasteiger partial charge on any atom is 0.251 e. The number of aromatic nitrogens is 1. The molecule has 0 aliphatic rings. The highest BCUT2D eigenvalue weighted by atomic mass is 127. The zero-order valence-electron chi connectivity index (χ0n) is 9.97. The van der Waals surface area contributed by atoms with Crippen molar-refractivity contribution >= 4 is 39.9 Å². The summed E-state index contributed by atoms with van der Waals surface area (Å²) in [5.41, 5.74) is 6.47. The molecule has 0 aliphatic heterocycles. The number of benzene rings is 1. The molecule has 1 aromatic heterocycles. The van der Waals surface area contributed by atoms with E-state index in [4.69, 9.17) is 5.73 Å². The molecule has 1 aromatic carbocycles. The number of carbonyl (C=O) groups is 1. The highest BCUT2D eigenvalue weighted by Crippen LogP contribution is 2.11. The lowest BCUT2D eigenvalue weighted by atomic mass is 10.3. The Morgan fingerprint density at radius 3 is 2.58 bits per heavy atom. The van der Waals surface area contributed by atoms with Gasteiger partial charge in [0.1, 0.15) is 6.54 Å². The monoisotopic (exact) mass is 369 g/mol. The summed E-state index contributed by atoms with van der Waals surface area (Å²) in [4.78, 5) is 23.3. The molecule has 1 amide bonds. The Hall–Kier alpha value is -1.83. The molecule has 0 unspecified atom stereocenters. The molecule has 0 atom stereocenters. The largest absolute Gasteiger partial charge is 0.398 e. The Bertz CT molecular complexity index is 650. The first-order valence-corrected chi connectivity index (χ1v) is 6.64. The fourth-order valence-corrected chi connectivity index (χ4v) is 1.92.